The van der Waals surface area contributed by atoms with Gasteiger partial charge in [-0.25, -0.2) is 4.79 Å². The zero-order chi connectivity index (χ0) is 13.3. The van der Waals surface area contributed by atoms with Gasteiger partial charge in [0, 0.05) is 0 Å². The molecule has 0 saturated carbocycles. The Morgan fingerprint density at radius 3 is 2.47 bits per heavy atom. The van der Waals surface area contributed by atoms with Crippen molar-refractivity contribution in [3.63, 3.8) is 0 Å². The lowest BCUT2D eigenvalue weighted by Crippen LogP contribution is -2.38. The molecule has 17 heavy (non-hydrogen) atoms. The van der Waals surface area contributed by atoms with E-state index in [0.29, 0.717) is 6.61 Å². The van der Waals surface area contributed by atoms with Gasteiger partial charge in [-0.2, -0.15) is 0 Å². The summed E-state index contributed by atoms with van der Waals surface area (Å²) in [6.07, 6.45) is 5.37. The van der Waals surface area contributed by atoms with Crippen molar-refractivity contribution in [1.29, 1.82) is 0 Å². The maximum absolute atomic E-state index is 11.6. The fourth-order valence-electron chi connectivity index (χ4n) is 1.07. The van der Waals surface area contributed by atoms with E-state index in [-0.39, 0.29) is 6.42 Å². The maximum atomic E-state index is 11.6. The molecule has 0 spiro atoms. The molecule has 0 aliphatic heterocycles. The van der Waals surface area contributed by atoms with E-state index in [1.807, 2.05) is 13.8 Å². The van der Waals surface area contributed by atoms with E-state index in [1.54, 1.807) is 12.2 Å². The molecule has 0 aromatic carbocycles. The largest absolute Gasteiger partial charge is 0.463 e. The first-order valence-electron chi connectivity index (χ1n) is 5.94. The van der Waals surface area contributed by atoms with Crippen LogP contribution in [0.15, 0.2) is 12.2 Å². The van der Waals surface area contributed by atoms with Crippen molar-refractivity contribution in [3.05, 3.63) is 12.2 Å². The Hall–Kier alpha value is -1.32. The van der Waals surface area contributed by atoms with E-state index in [9.17, 15) is 9.59 Å². The van der Waals surface area contributed by atoms with Crippen LogP contribution >= 0.6 is 0 Å². The Kier molecular flexibility index (Phi) is 7.26. The Morgan fingerprint density at radius 1 is 1.29 bits per heavy atom. The number of carbonyl (C=O) groups is 2. The van der Waals surface area contributed by atoms with Crippen molar-refractivity contribution in [3.8, 4) is 0 Å². The normalized spacial score (nSPS) is 11.5. The molecule has 0 fully saturated rings. The molecule has 98 valence electrons. The summed E-state index contributed by atoms with van der Waals surface area (Å²) < 4.78 is 10.1. The monoisotopic (exact) mass is 242 g/mol. The van der Waals surface area contributed by atoms with Crippen LogP contribution in [-0.4, -0.2) is 24.1 Å². The van der Waals surface area contributed by atoms with Gasteiger partial charge in [-0.15, -0.1) is 0 Å². The zero-order valence-electron chi connectivity index (χ0n) is 11.1. The van der Waals surface area contributed by atoms with Crippen LogP contribution in [0.5, 0.6) is 0 Å². The molecule has 0 aliphatic carbocycles. The highest BCUT2D eigenvalue weighted by Gasteiger charge is 2.33. The minimum absolute atomic E-state index is 0.169. The lowest BCUT2D eigenvalue weighted by Gasteiger charge is -2.22. The molecule has 0 aromatic rings. The van der Waals surface area contributed by atoms with Crippen molar-refractivity contribution < 1.29 is 19.1 Å². The second-order valence-electron chi connectivity index (χ2n) is 4.25. The number of rotatable bonds is 7. The second kappa shape index (κ2) is 7.87. The summed E-state index contributed by atoms with van der Waals surface area (Å²) in [6, 6.07) is 0. The molecule has 0 saturated heterocycles. The van der Waals surface area contributed by atoms with Gasteiger partial charge in [-0.05, 0) is 27.2 Å². The van der Waals surface area contributed by atoms with Crippen LogP contribution in [-0.2, 0) is 19.1 Å². The van der Waals surface area contributed by atoms with Crippen molar-refractivity contribution in [1.82, 2.24) is 0 Å². The van der Waals surface area contributed by atoms with Gasteiger partial charge in [0.15, 0.2) is 0 Å². The van der Waals surface area contributed by atoms with Gasteiger partial charge >= 0.3 is 11.9 Å². The van der Waals surface area contributed by atoms with Gasteiger partial charge < -0.3 is 9.47 Å². The summed E-state index contributed by atoms with van der Waals surface area (Å²) in [7, 11) is 0. The second-order valence-corrected chi connectivity index (χ2v) is 4.25. The molecule has 0 heterocycles. The Labute approximate surface area is 103 Å². The van der Waals surface area contributed by atoms with Gasteiger partial charge in [0.1, 0.15) is 0 Å². The van der Waals surface area contributed by atoms with E-state index >= 15 is 0 Å². The highest BCUT2D eigenvalue weighted by molar-refractivity contribution is 5.83. The first-order chi connectivity index (χ1) is 7.94. The molecular weight excluding hydrogens is 220 g/mol. The van der Waals surface area contributed by atoms with E-state index in [0.717, 1.165) is 12.8 Å². The van der Waals surface area contributed by atoms with Crippen LogP contribution in [0.4, 0.5) is 0 Å². The standard InChI is InChI=1S/C13H22O4/c1-5-7-9-11(14)17-13(3,4)12(15)16-10-8-6-2/h5,7H,6,8-10H2,1-4H3. The van der Waals surface area contributed by atoms with Crippen LogP contribution in [0.1, 0.15) is 47.0 Å². The molecule has 0 aliphatic rings. The van der Waals surface area contributed by atoms with Crippen LogP contribution in [0, 0.1) is 0 Å². The predicted octanol–water partition coefficient (Wildman–Crippen LogP) is 2.62. The van der Waals surface area contributed by atoms with Crippen LogP contribution < -0.4 is 0 Å². The van der Waals surface area contributed by atoms with Crippen LogP contribution in [0.25, 0.3) is 0 Å². The average Bonchev–Trinajstić information content (AvgIpc) is 2.26. The number of carbonyl (C=O) groups excluding carboxylic acids is 2. The molecule has 0 radical (unpaired) electrons. The van der Waals surface area contributed by atoms with E-state index in [2.05, 4.69) is 0 Å². The van der Waals surface area contributed by atoms with Gasteiger partial charge in [0.25, 0.3) is 0 Å². The summed E-state index contributed by atoms with van der Waals surface area (Å²) >= 11 is 0. The van der Waals surface area contributed by atoms with Crippen molar-refractivity contribution >= 4 is 11.9 Å². The molecule has 0 aromatic heterocycles. The van der Waals surface area contributed by atoms with Gasteiger partial charge in [0.05, 0.1) is 13.0 Å². The van der Waals surface area contributed by atoms with Gasteiger partial charge in [-0.3, -0.25) is 4.79 Å². The lowest BCUT2D eigenvalue weighted by molar-refractivity contribution is -0.178. The first-order valence-corrected chi connectivity index (χ1v) is 5.94. The molecule has 0 atom stereocenters. The SMILES string of the molecule is CC=CCC(=O)OC(C)(C)C(=O)OCCCC. The molecule has 0 N–H and O–H groups in total. The smallest absolute Gasteiger partial charge is 0.350 e. The van der Waals surface area contributed by atoms with Crippen LogP contribution in [0.3, 0.4) is 0 Å². The maximum Gasteiger partial charge on any atom is 0.350 e. The Morgan fingerprint density at radius 2 is 1.94 bits per heavy atom. The summed E-state index contributed by atoms with van der Waals surface area (Å²) in [6.45, 7) is 7.27. The molecule has 4 nitrogen and oxygen atoms in total. The fourth-order valence-corrected chi connectivity index (χ4v) is 1.07. The highest BCUT2D eigenvalue weighted by Crippen LogP contribution is 2.13. The van der Waals surface area contributed by atoms with E-state index in [1.165, 1.54) is 13.8 Å². The number of ether oxygens (including phenoxy) is 2. The molecule has 0 bridgehead atoms. The molecule has 4 heteroatoms. The third kappa shape index (κ3) is 6.76. The minimum atomic E-state index is -1.22. The summed E-state index contributed by atoms with van der Waals surface area (Å²) in [5.41, 5.74) is -1.22. The number of allylic oxidation sites excluding steroid dienone is 1. The molecule has 0 unspecified atom stereocenters. The first kappa shape index (κ1) is 15.7. The Bertz CT molecular complexity index is 279. The van der Waals surface area contributed by atoms with Crippen molar-refractivity contribution in [2.45, 2.75) is 52.6 Å². The van der Waals surface area contributed by atoms with Gasteiger partial charge in [0.2, 0.25) is 5.60 Å². The summed E-state index contributed by atoms with van der Waals surface area (Å²) in [4.78, 5) is 23.0. The zero-order valence-corrected chi connectivity index (χ0v) is 11.1. The summed E-state index contributed by atoms with van der Waals surface area (Å²) in [5, 5.41) is 0. The number of esters is 2. The average molecular weight is 242 g/mol. The predicted molar refractivity (Wildman–Crippen MR) is 65.5 cm³/mol. The third-order valence-electron chi connectivity index (χ3n) is 2.11. The number of hydrogen-bond donors (Lipinski definition) is 0. The Balaban J connectivity index is 4.16. The van der Waals surface area contributed by atoms with Crippen molar-refractivity contribution in [2.75, 3.05) is 6.61 Å². The van der Waals surface area contributed by atoms with Crippen LogP contribution in [0.2, 0.25) is 0 Å². The van der Waals surface area contributed by atoms with Gasteiger partial charge in [-0.1, -0.05) is 25.5 Å². The minimum Gasteiger partial charge on any atom is -0.463 e. The quantitative estimate of drug-likeness (QED) is 0.391. The lowest BCUT2D eigenvalue weighted by atomic mass is 10.1. The number of unbranched alkanes of at least 4 members (excludes halogenated alkanes) is 1. The topological polar surface area (TPSA) is 52.6 Å². The molecule has 0 amide bonds. The highest BCUT2D eigenvalue weighted by atomic mass is 16.6. The number of hydrogen-bond acceptors (Lipinski definition) is 4. The van der Waals surface area contributed by atoms with E-state index < -0.39 is 17.5 Å². The van der Waals surface area contributed by atoms with Crippen molar-refractivity contribution in [2.24, 2.45) is 0 Å². The summed E-state index contributed by atoms with van der Waals surface area (Å²) in [5.74, 6) is -0.930. The third-order valence-corrected chi connectivity index (χ3v) is 2.11. The fraction of sp³-hybridized carbons (Fsp3) is 0.692. The molecular formula is C13H22O4. The molecule has 0 rings (SSSR count). The van der Waals surface area contributed by atoms with E-state index in [4.69, 9.17) is 9.47 Å².